The van der Waals surface area contributed by atoms with Gasteiger partial charge in [0.1, 0.15) is 5.82 Å². The molecule has 4 rings (SSSR count). The highest BCUT2D eigenvalue weighted by Gasteiger charge is 2.24. The molecule has 1 amide bonds. The predicted molar refractivity (Wildman–Crippen MR) is 112 cm³/mol. The summed E-state index contributed by atoms with van der Waals surface area (Å²) in [6, 6.07) is 12.1. The van der Waals surface area contributed by atoms with Crippen LogP contribution < -0.4 is 9.80 Å². The van der Waals surface area contributed by atoms with Gasteiger partial charge in [-0.1, -0.05) is 30.3 Å². The lowest BCUT2D eigenvalue weighted by atomic mass is 10.1. The molecule has 0 saturated carbocycles. The average molecular weight is 380 g/mol. The molecule has 0 atom stereocenters. The molecule has 148 valence electrons. The average Bonchev–Trinajstić information content (AvgIpc) is 2.75. The first-order valence-electron chi connectivity index (χ1n) is 10.4. The summed E-state index contributed by atoms with van der Waals surface area (Å²) >= 11 is 0. The maximum atomic E-state index is 12.6. The second kappa shape index (κ2) is 8.59. The normalized spacial score (nSPS) is 17.7. The highest BCUT2D eigenvalue weighted by molar-refractivity contribution is 5.79. The Morgan fingerprint density at radius 2 is 1.61 bits per heavy atom. The van der Waals surface area contributed by atoms with Gasteiger partial charge in [-0.2, -0.15) is 4.98 Å². The third kappa shape index (κ3) is 4.43. The van der Waals surface area contributed by atoms with Gasteiger partial charge >= 0.3 is 0 Å². The zero-order valence-electron chi connectivity index (χ0n) is 16.7. The number of piperidine rings is 1. The summed E-state index contributed by atoms with van der Waals surface area (Å²) in [6.07, 6.45) is 4.26. The lowest BCUT2D eigenvalue weighted by Crippen LogP contribution is -2.49. The van der Waals surface area contributed by atoms with Crippen LogP contribution in [-0.4, -0.2) is 60.0 Å². The van der Waals surface area contributed by atoms with Gasteiger partial charge in [0.15, 0.2) is 0 Å². The zero-order chi connectivity index (χ0) is 19.3. The van der Waals surface area contributed by atoms with Crippen molar-refractivity contribution in [2.45, 2.75) is 32.6 Å². The van der Waals surface area contributed by atoms with E-state index in [1.807, 2.05) is 42.2 Å². The first kappa shape index (κ1) is 18.7. The van der Waals surface area contributed by atoms with Crippen LogP contribution >= 0.6 is 0 Å². The summed E-state index contributed by atoms with van der Waals surface area (Å²) in [5.41, 5.74) is 2.08. The lowest BCUT2D eigenvalue weighted by molar-refractivity contribution is -0.130. The summed E-state index contributed by atoms with van der Waals surface area (Å²) in [6.45, 7) is 7.21. The van der Waals surface area contributed by atoms with E-state index in [1.54, 1.807) is 0 Å². The van der Waals surface area contributed by atoms with Crippen LogP contribution in [0.25, 0.3) is 0 Å². The molecule has 2 fully saturated rings. The Kier molecular flexibility index (Phi) is 5.74. The van der Waals surface area contributed by atoms with Crippen LogP contribution in [0.3, 0.4) is 0 Å². The molecule has 2 aliphatic rings. The fourth-order valence-corrected chi connectivity index (χ4v) is 4.00. The van der Waals surface area contributed by atoms with Crippen LogP contribution in [0.4, 0.5) is 11.8 Å². The molecular formula is C22H29N5O. The van der Waals surface area contributed by atoms with Gasteiger partial charge < -0.3 is 14.7 Å². The second-order valence-electron chi connectivity index (χ2n) is 7.75. The molecular weight excluding hydrogens is 350 g/mol. The van der Waals surface area contributed by atoms with Crippen molar-refractivity contribution < 1.29 is 4.79 Å². The van der Waals surface area contributed by atoms with Gasteiger partial charge in [-0.05, 0) is 31.7 Å². The quantitative estimate of drug-likeness (QED) is 0.818. The molecule has 2 aromatic rings. The third-order valence-corrected chi connectivity index (χ3v) is 5.62. The van der Waals surface area contributed by atoms with E-state index in [9.17, 15) is 4.79 Å². The molecule has 1 aromatic carbocycles. The van der Waals surface area contributed by atoms with Crippen molar-refractivity contribution in [2.24, 2.45) is 0 Å². The molecule has 0 N–H and O–H groups in total. The third-order valence-electron chi connectivity index (χ3n) is 5.62. The largest absolute Gasteiger partial charge is 0.356 e. The Morgan fingerprint density at radius 3 is 2.32 bits per heavy atom. The summed E-state index contributed by atoms with van der Waals surface area (Å²) < 4.78 is 0. The van der Waals surface area contributed by atoms with E-state index in [-0.39, 0.29) is 5.91 Å². The summed E-state index contributed by atoms with van der Waals surface area (Å²) in [5, 5.41) is 0. The van der Waals surface area contributed by atoms with Crippen molar-refractivity contribution in [3.8, 4) is 0 Å². The second-order valence-corrected chi connectivity index (χ2v) is 7.75. The van der Waals surface area contributed by atoms with Crippen molar-refractivity contribution in [2.75, 3.05) is 49.1 Å². The summed E-state index contributed by atoms with van der Waals surface area (Å²) in [4.78, 5) is 28.7. The number of nitrogens with zero attached hydrogens (tertiary/aromatic N) is 5. The number of rotatable bonds is 4. The maximum absolute atomic E-state index is 12.6. The zero-order valence-corrected chi connectivity index (χ0v) is 16.7. The van der Waals surface area contributed by atoms with Gasteiger partial charge in [-0.15, -0.1) is 0 Å². The molecule has 28 heavy (non-hydrogen) atoms. The van der Waals surface area contributed by atoms with E-state index in [0.29, 0.717) is 6.42 Å². The minimum absolute atomic E-state index is 0.199. The molecule has 2 saturated heterocycles. The van der Waals surface area contributed by atoms with Crippen molar-refractivity contribution >= 4 is 17.7 Å². The van der Waals surface area contributed by atoms with Gasteiger partial charge in [-0.3, -0.25) is 4.79 Å². The minimum Gasteiger partial charge on any atom is -0.356 e. The smallest absolute Gasteiger partial charge is 0.227 e. The Balaban J connectivity index is 1.38. The number of piperazine rings is 1. The number of carbonyl (C=O) groups excluding carboxylic acids is 1. The molecule has 6 nitrogen and oxygen atoms in total. The highest BCUT2D eigenvalue weighted by atomic mass is 16.2. The first-order valence-corrected chi connectivity index (χ1v) is 10.4. The number of hydrogen-bond acceptors (Lipinski definition) is 5. The molecule has 0 spiro atoms. The minimum atomic E-state index is 0.199. The van der Waals surface area contributed by atoms with Gasteiger partial charge in [0.25, 0.3) is 0 Å². The van der Waals surface area contributed by atoms with Gasteiger partial charge in [0.05, 0.1) is 6.42 Å². The Morgan fingerprint density at radius 1 is 0.893 bits per heavy atom. The summed E-state index contributed by atoms with van der Waals surface area (Å²) in [7, 11) is 0. The Bertz CT molecular complexity index is 796. The topological polar surface area (TPSA) is 52.6 Å². The predicted octanol–water partition coefficient (Wildman–Crippen LogP) is 2.67. The van der Waals surface area contributed by atoms with Crippen LogP contribution in [0.15, 0.2) is 36.4 Å². The fraction of sp³-hybridized carbons (Fsp3) is 0.500. The van der Waals surface area contributed by atoms with Crippen molar-refractivity contribution in [3.63, 3.8) is 0 Å². The van der Waals surface area contributed by atoms with Crippen LogP contribution in [0, 0.1) is 6.92 Å². The molecule has 0 unspecified atom stereocenters. The number of hydrogen-bond donors (Lipinski definition) is 0. The van der Waals surface area contributed by atoms with E-state index in [4.69, 9.17) is 4.98 Å². The number of benzene rings is 1. The van der Waals surface area contributed by atoms with Crippen LogP contribution in [-0.2, 0) is 11.2 Å². The van der Waals surface area contributed by atoms with Crippen molar-refractivity contribution in [1.29, 1.82) is 0 Å². The number of carbonyl (C=O) groups is 1. The van der Waals surface area contributed by atoms with Gasteiger partial charge in [0, 0.05) is 51.0 Å². The SMILES string of the molecule is Cc1cc(N2CCCCC2)nc(N2CCN(C(=O)Cc3ccccc3)CC2)n1. The number of amides is 1. The van der Waals surface area contributed by atoms with Gasteiger partial charge in [-0.25, -0.2) is 4.98 Å². The van der Waals surface area contributed by atoms with E-state index in [2.05, 4.69) is 20.9 Å². The number of anilines is 2. The Hall–Kier alpha value is -2.63. The molecule has 0 bridgehead atoms. The van der Waals surface area contributed by atoms with E-state index in [1.165, 1.54) is 19.3 Å². The fourth-order valence-electron chi connectivity index (χ4n) is 4.00. The van der Waals surface area contributed by atoms with Crippen LogP contribution in [0.5, 0.6) is 0 Å². The van der Waals surface area contributed by atoms with Crippen LogP contribution in [0.2, 0.25) is 0 Å². The Labute approximate surface area is 167 Å². The standard InChI is InChI=1S/C22H29N5O/c1-18-16-20(25-10-6-3-7-11-25)24-22(23-18)27-14-12-26(13-15-27)21(28)17-19-8-4-2-5-9-19/h2,4-5,8-9,16H,3,6-7,10-15,17H2,1H3. The highest BCUT2D eigenvalue weighted by Crippen LogP contribution is 2.22. The van der Waals surface area contributed by atoms with E-state index < -0.39 is 0 Å². The monoisotopic (exact) mass is 379 g/mol. The van der Waals surface area contributed by atoms with Crippen molar-refractivity contribution in [1.82, 2.24) is 14.9 Å². The molecule has 6 heteroatoms. The van der Waals surface area contributed by atoms with E-state index in [0.717, 1.165) is 62.3 Å². The maximum Gasteiger partial charge on any atom is 0.227 e. The number of aryl methyl sites for hydroxylation is 1. The molecule has 0 aliphatic carbocycles. The number of aromatic nitrogens is 2. The molecule has 1 aromatic heterocycles. The van der Waals surface area contributed by atoms with Crippen LogP contribution in [0.1, 0.15) is 30.5 Å². The summed E-state index contributed by atoms with van der Waals surface area (Å²) in [5.74, 6) is 2.05. The lowest BCUT2D eigenvalue weighted by Gasteiger charge is -2.35. The van der Waals surface area contributed by atoms with Crippen molar-refractivity contribution in [3.05, 3.63) is 47.7 Å². The first-order chi connectivity index (χ1) is 13.7. The molecule has 2 aliphatic heterocycles. The van der Waals surface area contributed by atoms with E-state index >= 15 is 0 Å². The van der Waals surface area contributed by atoms with Gasteiger partial charge in [0.2, 0.25) is 11.9 Å². The molecule has 3 heterocycles. The molecule has 0 radical (unpaired) electrons.